The topological polar surface area (TPSA) is 80.3 Å². The summed E-state index contributed by atoms with van der Waals surface area (Å²) in [6.45, 7) is 0. The number of anilines is 1. The molecule has 0 aliphatic rings. The van der Waals surface area contributed by atoms with Gasteiger partial charge in [0.25, 0.3) is 5.91 Å². The molecule has 0 unspecified atom stereocenters. The summed E-state index contributed by atoms with van der Waals surface area (Å²) in [7, 11) is 0. The van der Waals surface area contributed by atoms with E-state index in [2.05, 4.69) is 10.4 Å². The number of aromatic nitrogens is 2. The maximum atomic E-state index is 12.8. The molecule has 4 rings (SSSR count). The molecule has 0 saturated heterocycles. The van der Waals surface area contributed by atoms with Crippen LogP contribution in [0.4, 0.5) is 5.69 Å². The predicted octanol–water partition coefficient (Wildman–Crippen LogP) is 4.09. The number of furan rings is 1. The minimum absolute atomic E-state index is 0.00196. The molecule has 128 valence electrons. The van der Waals surface area contributed by atoms with Crippen molar-refractivity contribution in [2.24, 2.45) is 0 Å². The zero-order valence-corrected chi connectivity index (χ0v) is 13.7. The summed E-state index contributed by atoms with van der Waals surface area (Å²) in [6.07, 6.45) is 1.55. The van der Waals surface area contributed by atoms with Crippen LogP contribution in [0, 0.1) is 0 Å². The van der Waals surface area contributed by atoms with Gasteiger partial charge in [-0.15, -0.1) is 0 Å². The molecule has 2 heterocycles. The van der Waals surface area contributed by atoms with Gasteiger partial charge in [0.05, 0.1) is 17.6 Å². The van der Waals surface area contributed by atoms with Gasteiger partial charge in [0, 0.05) is 6.07 Å². The van der Waals surface area contributed by atoms with Gasteiger partial charge in [-0.05, 0) is 36.4 Å². The average Bonchev–Trinajstić information content (AvgIpc) is 3.34. The van der Waals surface area contributed by atoms with Crippen LogP contribution in [0.25, 0.3) is 17.1 Å². The number of rotatable bonds is 4. The number of nitrogens with one attached hydrogen (secondary N) is 1. The zero-order valence-electron chi connectivity index (χ0n) is 13.7. The number of carbonyl (C=O) groups excluding carboxylic acids is 1. The lowest BCUT2D eigenvalue weighted by Crippen LogP contribution is -2.17. The van der Waals surface area contributed by atoms with Gasteiger partial charge < -0.3 is 14.8 Å². The second-order valence-corrected chi connectivity index (χ2v) is 5.61. The standard InChI is InChI=1S/C20H15N3O3/c24-18-10-5-4-9-15(18)21-20(25)17-13-16(19-11-6-12-26-19)22-23(17)14-7-2-1-3-8-14/h1-13,24H,(H,21,25). The van der Waals surface area contributed by atoms with Gasteiger partial charge in [0.2, 0.25) is 0 Å². The number of aromatic hydroxyl groups is 1. The highest BCUT2D eigenvalue weighted by atomic mass is 16.3. The molecule has 0 atom stereocenters. The third-order valence-electron chi connectivity index (χ3n) is 3.87. The lowest BCUT2D eigenvalue weighted by atomic mass is 10.2. The Hall–Kier alpha value is -3.80. The van der Waals surface area contributed by atoms with Gasteiger partial charge in [-0.3, -0.25) is 4.79 Å². The van der Waals surface area contributed by atoms with Crippen molar-refractivity contribution < 1.29 is 14.3 Å². The Morgan fingerprint density at radius 2 is 1.77 bits per heavy atom. The van der Waals surface area contributed by atoms with Crippen LogP contribution in [0.1, 0.15) is 10.5 Å². The van der Waals surface area contributed by atoms with Gasteiger partial charge in [-0.25, -0.2) is 4.68 Å². The number of phenolic OH excluding ortho intramolecular Hbond substituents is 1. The van der Waals surface area contributed by atoms with Gasteiger partial charge in [0.1, 0.15) is 17.1 Å². The summed E-state index contributed by atoms with van der Waals surface area (Å²) in [6, 6.07) is 21.1. The van der Waals surface area contributed by atoms with E-state index in [1.807, 2.05) is 30.3 Å². The van der Waals surface area contributed by atoms with Crippen LogP contribution >= 0.6 is 0 Å². The predicted molar refractivity (Wildman–Crippen MR) is 97.3 cm³/mol. The summed E-state index contributed by atoms with van der Waals surface area (Å²) in [4.78, 5) is 12.8. The highest BCUT2D eigenvalue weighted by Crippen LogP contribution is 2.25. The third-order valence-corrected chi connectivity index (χ3v) is 3.87. The highest BCUT2D eigenvalue weighted by Gasteiger charge is 2.19. The Kier molecular flexibility index (Phi) is 3.99. The largest absolute Gasteiger partial charge is 0.506 e. The number of phenols is 1. The lowest BCUT2D eigenvalue weighted by Gasteiger charge is -2.09. The van der Waals surface area contributed by atoms with Crippen LogP contribution in [0.15, 0.2) is 83.5 Å². The molecule has 26 heavy (non-hydrogen) atoms. The number of benzene rings is 2. The van der Waals surface area contributed by atoms with E-state index in [0.717, 1.165) is 5.69 Å². The van der Waals surface area contributed by atoms with E-state index in [1.165, 1.54) is 6.07 Å². The molecule has 0 saturated carbocycles. The highest BCUT2D eigenvalue weighted by molar-refractivity contribution is 6.04. The summed E-state index contributed by atoms with van der Waals surface area (Å²) >= 11 is 0. The molecule has 4 aromatic rings. The van der Waals surface area contributed by atoms with Crippen molar-refractivity contribution in [3.8, 4) is 22.9 Å². The Bertz CT molecular complexity index is 1040. The first kappa shape index (κ1) is 15.7. The maximum Gasteiger partial charge on any atom is 0.274 e. The minimum Gasteiger partial charge on any atom is -0.506 e. The van der Waals surface area contributed by atoms with Crippen molar-refractivity contribution in [1.82, 2.24) is 9.78 Å². The molecular formula is C20H15N3O3. The maximum absolute atomic E-state index is 12.8. The number of hydrogen-bond acceptors (Lipinski definition) is 4. The fourth-order valence-electron chi connectivity index (χ4n) is 2.62. The Morgan fingerprint density at radius 3 is 2.50 bits per heavy atom. The van der Waals surface area contributed by atoms with Gasteiger partial charge in [-0.2, -0.15) is 5.10 Å². The lowest BCUT2D eigenvalue weighted by molar-refractivity contribution is 0.101. The van der Waals surface area contributed by atoms with Gasteiger partial charge in [-0.1, -0.05) is 30.3 Å². The van der Waals surface area contributed by atoms with Crippen molar-refractivity contribution in [3.63, 3.8) is 0 Å². The second kappa shape index (κ2) is 6.60. The molecule has 0 fully saturated rings. The summed E-state index contributed by atoms with van der Waals surface area (Å²) in [5.74, 6) is 0.176. The molecule has 6 heteroatoms. The molecular weight excluding hydrogens is 330 g/mol. The Labute approximate surface area is 149 Å². The van der Waals surface area contributed by atoms with E-state index >= 15 is 0 Å². The fourth-order valence-corrected chi connectivity index (χ4v) is 2.62. The molecule has 2 aromatic carbocycles. The third kappa shape index (κ3) is 2.95. The van der Waals surface area contributed by atoms with Crippen molar-refractivity contribution in [2.75, 3.05) is 5.32 Å². The van der Waals surface area contributed by atoms with E-state index in [0.29, 0.717) is 22.8 Å². The average molecular weight is 345 g/mol. The molecule has 0 radical (unpaired) electrons. The quantitative estimate of drug-likeness (QED) is 0.546. The Morgan fingerprint density at radius 1 is 1.00 bits per heavy atom. The Balaban J connectivity index is 1.76. The molecule has 2 aromatic heterocycles. The van der Waals surface area contributed by atoms with Crippen molar-refractivity contribution in [3.05, 3.63) is 84.8 Å². The first-order chi connectivity index (χ1) is 12.7. The molecule has 0 bridgehead atoms. The number of hydrogen-bond donors (Lipinski definition) is 2. The molecule has 1 amide bonds. The molecule has 0 aliphatic heterocycles. The van der Waals surface area contributed by atoms with Crippen LogP contribution in [0.5, 0.6) is 5.75 Å². The van der Waals surface area contributed by atoms with Crippen molar-refractivity contribution in [1.29, 1.82) is 0 Å². The van der Waals surface area contributed by atoms with Crippen LogP contribution in [-0.2, 0) is 0 Å². The van der Waals surface area contributed by atoms with Crippen molar-refractivity contribution >= 4 is 11.6 Å². The molecule has 6 nitrogen and oxygen atoms in total. The smallest absolute Gasteiger partial charge is 0.274 e. The molecule has 0 aliphatic carbocycles. The number of para-hydroxylation sites is 3. The minimum atomic E-state index is -0.388. The van der Waals surface area contributed by atoms with E-state index in [1.54, 1.807) is 47.3 Å². The molecule has 2 N–H and O–H groups in total. The first-order valence-electron chi connectivity index (χ1n) is 8.01. The summed E-state index contributed by atoms with van der Waals surface area (Å²) in [5, 5.41) is 17.1. The number of nitrogens with zero attached hydrogens (tertiary/aromatic N) is 2. The second-order valence-electron chi connectivity index (χ2n) is 5.61. The van der Waals surface area contributed by atoms with E-state index in [4.69, 9.17) is 4.42 Å². The normalized spacial score (nSPS) is 10.6. The fraction of sp³-hybridized carbons (Fsp3) is 0. The van der Waals surface area contributed by atoms with Crippen LogP contribution in [-0.4, -0.2) is 20.8 Å². The van der Waals surface area contributed by atoms with E-state index < -0.39 is 0 Å². The monoisotopic (exact) mass is 345 g/mol. The first-order valence-corrected chi connectivity index (χ1v) is 8.01. The van der Waals surface area contributed by atoms with Crippen molar-refractivity contribution in [2.45, 2.75) is 0 Å². The van der Waals surface area contributed by atoms with Crippen LogP contribution in [0.2, 0.25) is 0 Å². The van der Waals surface area contributed by atoms with Crippen LogP contribution in [0.3, 0.4) is 0 Å². The summed E-state index contributed by atoms with van der Waals surface area (Å²) < 4.78 is 6.94. The summed E-state index contributed by atoms with van der Waals surface area (Å²) in [5.41, 5.74) is 1.94. The van der Waals surface area contributed by atoms with E-state index in [-0.39, 0.29) is 11.7 Å². The SMILES string of the molecule is O=C(Nc1ccccc1O)c1cc(-c2ccco2)nn1-c1ccccc1. The van der Waals surface area contributed by atoms with Gasteiger partial charge in [0.15, 0.2) is 5.76 Å². The molecule has 0 spiro atoms. The number of amides is 1. The van der Waals surface area contributed by atoms with Gasteiger partial charge >= 0.3 is 0 Å². The zero-order chi connectivity index (χ0) is 17.9. The van der Waals surface area contributed by atoms with Crippen LogP contribution < -0.4 is 5.32 Å². The van der Waals surface area contributed by atoms with E-state index in [9.17, 15) is 9.90 Å². The number of carbonyl (C=O) groups is 1.